The van der Waals surface area contributed by atoms with Crippen LogP contribution in [0, 0.1) is 17.3 Å². The second kappa shape index (κ2) is 6.70. The van der Waals surface area contributed by atoms with Crippen molar-refractivity contribution >= 4 is 22.8 Å². The summed E-state index contributed by atoms with van der Waals surface area (Å²) in [5, 5.41) is 0.768. The van der Waals surface area contributed by atoms with Gasteiger partial charge in [-0.25, -0.2) is 0 Å². The van der Waals surface area contributed by atoms with Crippen LogP contribution < -0.4 is 4.74 Å². The van der Waals surface area contributed by atoms with Crippen molar-refractivity contribution in [3.05, 3.63) is 29.3 Å². The predicted molar refractivity (Wildman–Crippen MR) is 104 cm³/mol. The van der Waals surface area contributed by atoms with Crippen molar-refractivity contribution in [2.24, 2.45) is 17.3 Å². The fourth-order valence-electron chi connectivity index (χ4n) is 6.13. The van der Waals surface area contributed by atoms with Crippen molar-refractivity contribution in [3.8, 4) is 5.75 Å². The van der Waals surface area contributed by atoms with Gasteiger partial charge in [-0.05, 0) is 85.0 Å². The van der Waals surface area contributed by atoms with Gasteiger partial charge in [0.15, 0.2) is 5.12 Å². The van der Waals surface area contributed by atoms with E-state index in [4.69, 9.17) is 4.74 Å². The molecule has 0 N–H and O–H groups in total. The molecule has 4 heteroatoms. The number of carbonyl (C=O) groups is 2. The first kappa shape index (κ1) is 18.1. The zero-order valence-corrected chi connectivity index (χ0v) is 16.7. The minimum absolute atomic E-state index is 0.257. The van der Waals surface area contributed by atoms with Crippen LogP contribution in [-0.4, -0.2) is 16.3 Å². The highest BCUT2D eigenvalue weighted by Crippen LogP contribution is 2.63. The van der Waals surface area contributed by atoms with E-state index in [0.29, 0.717) is 22.3 Å². The van der Waals surface area contributed by atoms with Crippen LogP contribution in [0.4, 0.5) is 0 Å². The van der Waals surface area contributed by atoms with Gasteiger partial charge in [0.05, 0.1) is 0 Å². The summed E-state index contributed by atoms with van der Waals surface area (Å²) < 4.78 is 5.28. The molecular formula is C22H28O3S. The van der Waals surface area contributed by atoms with Crippen molar-refractivity contribution in [3.63, 3.8) is 0 Å². The van der Waals surface area contributed by atoms with Gasteiger partial charge in [-0.1, -0.05) is 24.8 Å². The summed E-state index contributed by atoms with van der Waals surface area (Å²) in [5.74, 6) is 2.52. The van der Waals surface area contributed by atoms with Gasteiger partial charge < -0.3 is 4.74 Å². The van der Waals surface area contributed by atoms with Crippen molar-refractivity contribution in [1.82, 2.24) is 0 Å². The second-order valence-corrected chi connectivity index (χ2v) is 9.97. The topological polar surface area (TPSA) is 43.4 Å². The number of ether oxygens (including phenoxy) is 1. The quantitative estimate of drug-likeness (QED) is 0.534. The van der Waals surface area contributed by atoms with Crippen LogP contribution in [-0.2, 0) is 16.0 Å². The van der Waals surface area contributed by atoms with Crippen molar-refractivity contribution in [2.75, 3.05) is 0 Å². The highest BCUT2D eigenvalue weighted by Gasteiger charge is 2.55. The summed E-state index contributed by atoms with van der Waals surface area (Å²) in [6.45, 7) is 5.61. The molecule has 0 saturated heterocycles. The molecule has 0 unspecified atom stereocenters. The summed E-state index contributed by atoms with van der Waals surface area (Å²) >= 11 is 1.59. The Balaban J connectivity index is 1.58. The average Bonchev–Trinajstić information content (AvgIpc) is 2.90. The molecule has 0 heterocycles. The highest BCUT2D eigenvalue weighted by atomic mass is 32.2. The van der Waals surface area contributed by atoms with Crippen LogP contribution in [0.3, 0.4) is 0 Å². The molecule has 26 heavy (non-hydrogen) atoms. The number of hydrogen-bond donors (Lipinski definition) is 0. The molecule has 140 valence electrons. The third kappa shape index (κ3) is 3.00. The number of rotatable bonds is 2. The van der Waals surface area contributed by atoms with Gasteiger partial charge in [0.1, 0.15) is 5.75 Å². The molecule has 0 amide bonds. The minimum Gasteiger partial charge on any atom is -0.427 e. The molecule has 2 saturated carbocycles. The summed E-state index contributed by atoms with van der Waals surface area (Å²) in [5.41, 5.74) is 3.15. The summed E-state index contributed by atoms with van der Waals surface area (Å²) in [4.78, 5) is 22.9. The lowest BCUT2D eigenvalue weighted by molar-refractivity contribution is -0.131. The van der Waals surface area contributed by atoms with E-state index < -0.39 is 0 Å². The standard InChI is InChI=1S/C22H28O3S/c1-13(23)25-16-5-7-17-15(12-16)4-6-19-18(17)10-11-22(3)20(19)8-9-21(22)26-14(2)24/h5,7,12,18-21H,4,6,8-11H2,1-3H3/t18-,19+,20+,21-,22+/m0/s1. The van der Waals surface area contributed by atoms with Gasteiger partial charge in [0.2, 0.25) is 0 Å². The van der Waals surface area contributed by atoms with E-state index >= 15 is 0 Å². The lowest BCUT2D eigenvalue weighted by atomic mass is 9.56. The lowest BCUT2D eigenvalue weighted by Gasteiger charge is -2.50. The maximum atomic E-state index is 11.7. The first-order chi connectivity index (χ1) is 12.4. The van der Waals surface area contributed by atoms with Crippen molar-refractivity contribution < 1.29 is 14.3 Å². The van der Waals surface area contributed by atoms with E-state index in [1.807, 2.05) is 6.07 Å². The van der Waals surface area contributed by atoms with Crippen LogP contribution in [0.15, 0.2) is 18.2 Å². The summed E-state index contributed by atoms with van der Waals surface area (Å²) in [6, 6.07) is 6.23. The molecular weight excluding hydrogens is 344 g/mol. The number of esters is 1. The lowest BCUT2D eigenvalue weighted by Crippen LogP contribution is -2.43. The van der Waals surface area contributed by atoms with Gasteiger partial charge in [-0.3, -0.25) is 9.59 Å². The Morgan fingerprint density at radius 3 is 2.69 bits per heavy atom. The third-order valence-corrected chi connectivity index (χ3v) is 8.57. The average molecular weight is 373 g/mol. The number of aryl methyl sites for hydroxylation is 1. The van der Waals surface area contributed by atoms with Gasteiger partial charge in [0.25, 0.3) is 0 Å². The molecule has 2 fully saturated rings. The highest BCUT2D eigenvalue weighted by molar-refractivity contribution is 8.14. The van der Waals surface area contributed by atoms with E-state index in [1.165, 1.54) is 50.2 Å². The summed E-state index contributed by atoms with van der Waals surface area (Å²) in [7, 11) is 0. The molecule has 4 rings (SSSR count). The maximum absolute atomic E-state index is 11.7. The number of hydrogen-bond acceptors (Lipinski definition) is 4. The number of benzene rings is 1. The second-order valence-electron chi connectivity index (χ2n) is 8.59. The monoisotopic (exact) mass is 372 g/mol. The van der Waals surface area contributed by atoms with E-state index in [9.17, 15) is 9.59 Å². The first-order valence-corrected chi connectivity index (χ1v) is 10.7. The fraction of sp³-hybridized carbons (Fsp3) is 0.636. The van der Waals surface area contributed by atoms with Crippen LogP contribution in [0.2, 0.25) is 0 Å². The molecule has 5 atom stereocenters. The predicted octanol–water partition coefficient (Wildman–Crippen LogP) is 5.12. The Hall–Kier alpha value is -1.29. The Morgan fingerprint density at radius 1 is 1.15 bits per heavy atom. The molecule has 0 spiro atoms. The van der Waals surface area contributed by atoms with Crippen LogP contribution in [0.25, 0.3) is 0 Å². The van der Waals surface area contributed by atoms with Crippen molar-refractivity contribution in [1.29, 1.82) is 0 Å². The number of fused-ring (bicyclic) bond motifs is 5. The Labute approximate surface area is 160 Å². The van der Waals surface area contributed by atoms with Gasteiger partial charge in [-0.15, -0.1) is 0 Å². The van der Waals surface area contributed by atoms with E-state index in [-0.39, 0.29) is 11.1 Å². The first-order valence-electron chi connectivity index (χ1n) is 9.87. The number of thioether (sulfide) groups is 1. The molecule has 3 aliphatic carbocycles. The van der Waals surface area contributed by atoms with Crippen LogP contribution in [0.5, 0.6) is 5.75 Å². The maximum Gasteiger partial charge on any atom is 0.308 e. The molecule has 1 aromatic carbocycles. The SMILES string of the molecule is CC(=O)Oc1ccc2c(c1)CC[C@H]1[C@H]3CC[C@H](SC(C)=O)[C@]3(C)CC[C@@H]21. The van der Waals surface area contributed by atoms with Gasteiger partial charge in [0, 0.05) is 19.1 Å². The largest absolute Gasteiger partial charge is 0.427 e. The Bertz CT molecular complexity index is 743. The smallest absolute Gasteiger partial charge is 0.308 e. The van der Waals surface area contributed by atoms with Crippen LogP contribution in [0.1, 0.15) is 69.9 Å². The number of carbonyl (C=O) groups excluding carboxylic acids is 2. The Kier molecular flexibility index (Phi) is 4.66. The van der Waals surface area contributed by atoms with E-state index in [2.05, 4.69) is 19.1 Å². The van der Waals surface area contributed by atoms with Crippen molar-refractivity contribution in [2.45, 2.75) is 70.5 Å². The zero-order valence-electron chi connectivity index (χ0n) is 15.9. The molecule has 0 radical (unpaired) electrons. The van der Waals surface area contributed by atoms with E-state index in [0.717, 1.165) is 18.3 Å². The normalized spacial score (nSPS) is 35.2. The molecule has 0 aromatic heterocycles. The molecule has 0 bridgehead atoms. The Morgan fingerprint density at radius 2 is 1.96 bits per heavy atom. The minimum atomic E-state index is -0.257. The third-order valence-electron chi connectivity index (χ3n) is 7.18. The summed E-state index contributed by atoms with van der Waals surface area (Å²) in [6.07, 6.45) is 7.18. The molecule has 0 aliphatic heterocycles. The van der Waals surface area contributed by atoms with Crippen LogP contribution >= 0.6 is 11.8 Å². The molecule has 3 aliphatic rings. The molecule has 3 nitrogen and oxygen atoms in total. The zero-order chi connectivity index (χ0) is 18.5. The molecule has 1 aromatic rings. The fourth-order valence-corrected chi connectivity index (χ4v) is 7.35. The van der Waals surface area contributed by atoms with Gasteiger partial charge >= 0.3 is 5.97 Å². The van der Waals surface area contributed by atoms with E-state index in [1.54, 1.807) is 18.7 Å². The van der Waals surface area contributed by atoms with Gasteiger partial charge in [-0.2, -0.15) is 0 Å².